The van der Waals surface area contributed by atoms with Crippen molar-refractivity contribution in [1.82, 2.24) is 0 Å². The van der Waals surface area contributed by atoms with Crippen molar-refractivity contribution in [1.29, 1.82) is 5.41 Å². The molecular formula is C23H29N. The molecule has 0 radical (unpaired) electrons. The molecule has 1 N–H and O–H groups in total. The van der Waals surface area contributed by atoms with Gasteiger partial charge in [-0.3, -0.25) is 0 Å². The Labute approximate surface area is 146 Å². The van der Waals surface area contributed by atoms with Crippen LogP contribution in [0.25, 0.3) is 11.6 Å². The summed E-state index contributed by atoms with van der Waals surface area (Å²) in [6.45, 7) is 8.46. The van der Waals surface area contributed by atoms with Gasteiger partial charge in [0.1, 0.15) is 0 Å². The summed E-state index contributed by atoms with van der Waals surface area (Å²) in [5.41, 5.74) is 4.30. The van der Waals surface area contributed by atoms with E-state index in [4.69, 9.17) is 5.41 Å². The number of allylic oxidation sites excluding steroid dienone is 6. The topological polar surface area (TPSA) is 23.9 Å². The summed E-state index contributed by atoms with van der Waals surface area (Å²) in [6.07, 6.45) is 14.0. The predicted molar refractivity (Wildman–Crippen MR) is 107 cm³/mol. The minimum atomic E-state index is 0.392. The lowest BCUT2D eigenvalue weighted by atomic mass is 9.83. The largest absolute Gasteiger partial charge is 0.301 e. The molecule has 0 bridgehead atoms. The molecule has 1 aromatic rings. The molecule has 2 rings (SSSR count). The molecule has 0 heterocycles. The number of rotatable bonds is 6. The lowest BCUT2D eigenvalue weighted by Crippen LogP contribution is -2.35. The summed E-state index contributed by atoms with van der Waals surface area (Å²) in [5, 5.41) is 11.2. The van der Waals surface area contributed by atoms with Crippen molar-refractivity contribution in [2.45, 2.75) is 47.0 Å². The Kier molecular flexibility index (Phi) is 6.54. The molecular weight excluding hydrogens is 290 g/mol. The Morgan fingerprint density at radius 2 is 1.96 bits per heavy atom. The summed E-state index contributed by atoms with van der Waals surface area (Å²) in [5.74, 6) is 0.392. The van der Waals surface area contributed by atoms with Crippen molar-refractivity contribution in [3.63, 3.8) is 0 Å². The minimum Gasteiger partial charge on any atom is -0.301 e. The van der Waals surface area contributed by atoms with E-state index >= 15 is 0 Å². The summed E-state index contributed by atoms with van der Waals surface area (Å²) in [4.78, 5) is 0. The van der Waals surface area contributed by atoms with Crippen LogP contribution in [-0.2, 0) is 0 Å². The van der Waals surface area contributed by atoms with Gasteiger partial charge in [0.25, 0.3) is 0 Å². The van der Waals surface area contributed by atoms with E-state index in [0.29, 0.717) is 11.6 Å². The Morgan fingerprint density at radius 1 is 1.21 bits per heavy atom. The van der Waals surface area contributed by atoms with Crippen LogP contribution in [0.4, 0.5) is 0 Å². The third kappa shape index (κ3) is 4.23. The molecule has 0 fully saturated rings. The molecule has 0 saturated heterocycles. The van der Waals surface area contributed by atoms with E-state index in [0.717, 1.165) is 19.3 Å². The first-order valence-electron chi connectivity index (χ1n) is 8.93. The fraction of sp³-hybridized carbons (Fsp3) is 0.348. The monoisotopic (exact) mass is 319 g/mol. The molecule has 0 spiro atoms. The van der Waals surface area contributed by atoms with Crippen molar-refractivity contribution >= 4 is 17.4 Å². The highest BCUT2D eigenvalue weighted by molar-refractivity contribution is 6.24. The van der Waals surface area contributed by atoms with E-state index in [1.54, 1.807) is 0 Å². The van der Waals surface area contributed by atoms with E-state index in [2.05, 4.69) is 76.3 Å². The van der Waals surface area contributed by atoms with E-state index in [1.807, 2.05) is 6.08 Å². The highest BCUT2D eigenvalue weighted by atomic mass is 14.4. The maximum absolute atomic E-state index is 8.76. The Hall–Kier alpha value is -2.15. The Morgan fingerprint density at radius 3 is 2.67 bits per heavy atom. The molecule has 1 aliphatic carbocycles. The smallest absolute Gasteiger partial charge is 0.0583 e. The SMILES string of the molecule is CC=CCC1CC=c2ccccc2=C1C(=N)/C=C(C)\C(C)=C\CC. The van der Waals surface area contributed by atoms with Crippen LogP contribution in [0.15, 0.2) is 59.7 Å². The summed E-state index contributed by atoms with van der Waals surface area (Å²) in [7, 11) is 0. The highest BCUT2D eigenvalue weighted by Crippen LogP contribution is 2.25. The maximum Gasteiger partial charge on any atom is 0.0583 e. The zero-order chi connectivity index (χ0) is 17.5. The zero-order valence-corrected chi connectivity index (χ0v) is 15.4. The van der Waals surface area contributed by atoms with Gasteiger partial charge < -0.3 is 5.41 Å². The van der Waals surface area contributed by atoms with Crippen LogP contribution in [-0.4, -0.2) is 5.71 Å². The van der Waals surface area contributed by atoms with Gasteiger partial charge in [-0.1, -0.05) is 61.1 Å². The first-order valence-corrected chi connectivity index (χ1v) is 8.93. The van der Waals surface area contributed by atoms with Crippen molar-refractivity contribution in [3.8, 4) is 0 Å². The number of nitrogens with one attached hydrogen (secondary N) is 1. The summed E-state index contributed by atoms with van der Waals surface area (Å²) in [6, 6.07) is 8.48. The van der Waals surface area contributed by atoms with E-state index in [1.165, 1.54) is 27.2 Å². The van der Waals surface area contributed by atoms with Gasteiger partial charge >= 0.3 is 0 Å². The van der Waals surface area contributed by atoms with Crippen LogP contribution in [0, 0.1) is 11.3 Å². The lowest BCUT2D eigenvalue weighted by molar-refractivity contribution is 0.709. The number of hydrogen-bond acceptors (Lipinski definition) is 1. The van der Waals surface area contributed by atoms with Gasteiger partial charge in [0.05, 0.1) is 5.71 Å². The molecule has 24 heavy (non-hydrogen) atoms. The predicted octanol–water partition coefficient (Wildman–Crippen LogP) is 4.93. The van der Waals surface area contributed by atoms with Crippen molar-refractivity contribution in [3.05, 3.63) is 70.2 Å². The van der Waals surface area contributed by atoms with Crippen LogP contribution >= 0.6 is 0 Å². The van der Waals surface area contributed by atoms with Gasteiger partial charge in [-0.15, -0.1) is 0 Å². The van der Waals surface area contributed by atoms with E-state index in [9.17, 15) is 0 Å². The molecule has 0 saturated carbocycles. The zero-order valence-electron chi connectivity index (χ0n) is 15.4. The molecule has 0 amide bonds. The van der Waals surface area contributed by atoms with Crippen molar-refractivity contribution in [2.75, 3.05) is 0 Å². The molecule has 1 aromatic carbocycles. The van der Waals surface area contributed by atoms with Gasteiger partial charge in [0.15, 0.2) is 0 Å². The van der Waals surface area contributed by atoms with E-state index in [-0.39, 0.29) is 0 Å². The van der Waals surface area contributed by atoms with E-state index < -0.39 is 0 Å². The third-order valence-corrected chi connectivity index (χ3v) is 4.72. The third-order valence-electron chi connectivity index (χ3n) is 4.72. The first kappa shape index (κ1) is 18.2. The number of benzene rings is 1. The van der Waals surface area contributed by atoms with Gasteiger partial charge in [-0.05, 0) is 73.6 Å². The number of fused-ring (bicyclic) bond motifs is 1. The molecule has 1 nitrogen and oxygen atoms in total. The fourth-order valence-electron chi connectivity index (χ4n) is 3.28. The standard InChI is InChI=1S/C23H29N/c1-5-7-11-20-15-14-19-12-8-9-13-21(19)23(20)22(24)16-18(4)17(3)10-6-2/h5,7-10,12-14,16,20,24H,6,11,15H2,1-4H3/b7-5?,17-10+,18-16-,24-22?. The second kappa shape index (κ2) is 8.63. The second-order valence-corrected chi connectivity index (χ2v) is 6.48. The number of hydrogen-bond donors (Lipinski definition) is 1. The van der Waals surface area contributed by atoms with Crippen LogP contribution in [0.3, 0.4) is 0 Å². The van der Waals surface area contributed by atoms with Crippen LogP contribution in [0.2, 0.25) is 0 Å². The Bertz CT molecular complexity index is 803. The van der Waals surface area contributed by atoms with Crippen molar-refractivity contribution in [2.24, 2.45) is 5.92 Å². The molecule has 1 aliphatic rings. The van der Waals surface area contributed by atoms with Crippen molar-refractivity contribution < 1.29 is 0 Å². The van der Waals surface area contributed by atoms with Crippen LogP contribution in [0.1, 0.15) is 47.0 Å². The molecule has 1 atom stereocenters. The first-order chi connectivity index (χ1) is 11.6. The van der Waals surface area contributed by atoms with Gasteiger partial charge in [0, 0.05) is 0 Å². The second-order valence-electron chi connectivity index (χ2n) is 6.48. The molecule has 1 heteroatoms. The normalized spacial score (nSPS) is 18.5. The maximum atomic E-state index is 8.76. The fourth-order valence-corrected chi connectivity index (χ4v) is 3.28. The average Bonchev–Trinajstić information content (AvgIpc) is 2.59. The molecule has 1 unspecified atom stereocenters. The highest BCUT2D eigenvalue weighted by Gasteiger charge is 2.19. The summed E-state index contributed by atoms with van der Waals surface area (Å²) >= 11 is 0. The average molecular weight is 319 g/mol. The molecule has 0 aliphatic heterocycles. The quantitative estimate of drug-likeness (QED) is 0.437. The van der Waals surface area contributed by atoms with Gasteiger partial charge in [0.2, 0.25) is 0 Å². The summed E-state index contributed by atoms with van der Waals surface area (Å²) < 4.78 is 0. The van der Waals surface area contributed by atoms with Gasteiger partial charge in [-0.25, -0.2) is 0 Å². The minimum absolute atomic E-state index is 0.392. The molecule has 126 valence electrons. The van der Waals surface area contributed by atoms with Gasteiger partial charge in [-0.2, -0.15) is 0 Å². The molecule has 0 aromatic heterocycles. The lowest BCUT2D eigenvalue weighted by Gasteiger charge is -2.21. The van der Waals surface area contributed by atoms with Crippen LogP contribution < -0.4 is 10.4 Å². The van der Waals surface area contributed by atoms with Crippen LogP contribution in [0.5, 0.6) is 0 Å². The Balaban J connectivity index is 2.52.